The van der Waals surface area contributed by atoms with E-state index in [0.717, 1.165) is 11.1 Å². The highest BCUT2D eigenvalue weighted by molar-refractivity contribution is 5.76. The average Bonchev–Trinajstić information content (AvgIpc) is 2.21. The largest absolute Gasteiger partial charge is 0.397 e. The van der Waals surface area contributed by atoms with Gasteiger partial charge in [0.2, 0.25) is 5.91 Å². The fraction of sp³-hybridized carbons (Fsp3) is 0.545. The first-order valence-corrected chi connectivity index (χ1v) is 5.48. The van der Waals surface area contributed by atoms with Crippen molar-refractivity contribution in [3.63, 3.8) is 0 Å². The van der Waals surface area contributed by atoms with E-state index in [1.54, 1.807) is 0 Å². The molecule has 1 amide bonds. The van der Waals surface area contributed by atoms with E-state index in [-0.39, 0.29) is 23.6 Å². The summed E-state index contributed by atoms with van der Waals surface area (Å²) in [7, 11) is 0. The molecule has 0 saturated heterocycles. The number of aromatic nitrogens is 2. The fourth-order valence-corrected chi connectivity index (χ4v) is 1.21. The zero-order valence-corrected chi connectivity index (χ0v) is 10.4. The van der Waals surface area contributed by atoms with E-state index in [4.69, 9.17) is 5.73 Å². The molecule has 17 heavy (non-hydrogen) atoms. The van der Waals surface area contributed by atoms with Crippen molar-refractivity contribution in [2.24, 2.45) is 0 Å². The van der Waals surface area contributed by atoms with Gasteiger partial charge < -0.3 is 11.1 Å². The second-order valence-corrected chi connectivity index (χ2v) is 4.57. The molecule has 1 rings (SSSR count). The minimum absolute atomic E-state index is 0.0947. The number of carbonyl (C=O) groups is 1. The summed E-state index contributed by atoms with van der Waals surface area (Å²) in [5, 5.41) is 6.62. The first-order chi connectivity index (χ1) is 7.84. The van der Waals surface area contributed by atoms with Gasteiger partial charge in [0.25, 0.3) is 5.56 Å². The van der Waals surface area contributed by atoms with Crippen LogP contribution in [0.25, 0.3) is 0 Å². The maximum absolute atomic E-state index is 11.7. The quantitative estimate of drug-likeness (QED) is 0.780. The molecule has 1 aromatic heterocycles. The predicted molar refractivity (Wildman–Crippen MR) is 65.4 cm³/mol. The molecule has 3 N–H and O–H groups in total. The lowest BCUT2D eigenvalue weighted by atomic mass is 10.0. The van der Waals surface area contributed by atoms with E-state index in [2.05, 4.69) is 10.4 Å². The van der Waals surface area contributed by atoms with Crippen LogP contribution in [0.15, 0.2) is 17.1 Å². The maximum atomic E-state index is 11.7. The summed E-state index contributed by atoms with van der Waals surface area (Å²) in [5.74, 6) is -0.240. The van der Waals surface area contributed by atoms with E-state index in [0.29, 0.717) is 5.69 Å². The van der Waals surface area contributed by atoms with Crippen molar-refractivity contribution in [2.45, 2.75) is 39.3 Å². The highest BCUT2D eigenvalue weighted by Gasteiger charge is 2.18. The number of carbonyl (C=O) groups excluding carboxylic acids is 1. The smallest absolute Gasteiger partial charge is 0.269 e. The van der Waals surface area contributed by atoms with Crippen molar-refractivity contribution < 1.29 is 4.79 Å². The number of anilines is 1. The third-order valence-corrected chi connectivity index (χ3v) is 2.55. The Hall–Kier alpha value is -1.85. The van der Waals surface area contributed by atoms with Gasteiger partial charge in [-0.1, -0.05) is 6.92 Å². The van der Waals surface area contributed by atoms with E-state index in [1.165, 1.54) is 12.3 Å². The number of nitrogen functional groups attached to an aromatic ring is 1. The summed E-state index contributed by atoms with van der Waals surface area (Å²) in [6, 6.07) is 1.24. The summed E-state index contributed by atoms with van der Waals surface area (Å²) in [6.45, 7) is 5.73. The van der Waals surface area contributed by atoms with Crippen molar-refractivity contribution in [1.82, 2.24) is 15.1 Å². The molecule has 6 nitrogen and oxygen atoms in total. The Morgan fingerprint density at radius 2 is 2.24 bits per heavy atom. The lowest BCUT2D eigenvalue weighted by Crippen LogP contribution is -2.45. The van der Waals surface area contributed by atoms with Crippen LogP contribution in [0.5, 0.6) is 0 Å². The van der Waals surface area contributed by atoms with Gasteiger partial charge in [0, 0.05) is 11.6 Å². The Kier molecular flexibility index (Phi) is 3.88. The molecule has 0 aliphatic carbocycles. The monoisotopic (exact) mass is 238 g/mol. The Bertz CT molecular complexity index is 465. The van der Waals surface area contributed by atoms with Crippen LogP contribution in [0.4, 0.5) is 5.69 Å². The molecular weight excluding hydrogens is 220 g/mol. The van der Waals surface area contributed by atoms with E-state index in [1.807, 2.05) is 20.8 Å². The van der Waals surface area contributed by atoms with Gasteiger partial charge in [0.05, 0.1) is 11.9 Å². The SMILES string of the molecule is CCC(C)(C)NC(=O)Cn1ncc(N)cc1=O. The van der Waals surface area contributed by atoms with Gasteiger partial charge in [0.15, 0.2) is 0 Å². The van der Waals surface area contributed by atoms with Crippen LogP contribution >= 0.6 is 0 Å². The average molecular weight is 238 g/mol. The van der Waals surface area contributed by atoms with Crippen LogP contribution < -0.4 is 16.6 Å². The number of amides is 1. The highest BCUT2D eigenvalue weighted by atomic mass is 16.2. The molecule has 0 aliphatic rings. The molecule has 0 aromatic carbocycles. The van der Waals surface area contributed by atoms with Crippen molar-refractivity contribution >= 4 is 11.6 Å². The van der Waals surface area contributed by atoms with Gasteiger partial charge in [-0.3, -0.25) is 9.59 Å². The Morgan fingerprint density at radius 3 is 2.76 bits per heavy atom. The number of nitrogens with zero attached hydrogens (tertiary/aromatic N) is 2. The molecule has 0 fully saturated rings. The van der Waals surface area contributed by atoms with Gasteiger partial charge in [-0.2, -0.15) is 5.10 Å². The van der Waals surface area contributed by atoms with Crippen molar-refractivity contribution in [3.8, 4) is 0 Å². The van der Waals surface area contributed by atoms with Crippen LogP contribution in [0.3, 0.4) is 0 Å². The molecule has 0 saturated carbocycles. The molecule has 6 heteroatoms. The van der Waals surface area contributed by atoms with Crippen LogP contribution in [-0.4, -0.2) is 21.2 Å². The zero-order valence-electron chi connectivity index (χ0n) is 10.4. The minimum atomic E-state index is -0.380. The number of hydrogen-bond acceptors (Lipinski definition) is 4. The Balaban J connectivity index is 2.72. The molecule has 0 bridgehead atoms. The topological polar surface area (TPSA) is 90.0 Å². The first kappa shape index (κ1) is 13.2. The summed E-state index contributed by atoms with van der Waals surface area (Å²) >= 11 is 0. The number of nitrogens with one attached hydrogen (secondary N) is 1. The predicted octanol–water partition coefficient (Wildman–Crippen LogP) is 0.130. The van der Waals surface area contributed by atoms with Crippen LogP contribution in [0, 0.1) is 0 Å². The van der Waals surface area contributed by atoms with Gasteiger partial charge in [-0.15, -0.1) is 0 Å². The molecule has 0 atom stereocenters. The lowest BCUT2D eigenvalue weighted by molar-refractivity contribution is -0.123. The van der Waals surface area contributed by atoms with Crippen molar-refractivity contribution in [1.29, 1.82) is 0 Å². The fourth-order valence-electron chi connectivity index (χ4n) is 1.21. The highest BCUT2D eigenvalue weighted by Crippen LogP contribution is 2.06. The molecule has 0 aliphatic heterocycles. The van der Waals surface area contributed by atoms with Crippen LogP contribution in [-0.2, 0) is 11.3 Å². The van der Waals surface area contributed by atoms with E-state index >= 15 is 0 Å². The van der Waals surface area contributed by atoms with E-state index in [9.17, 15) is 9.59 Å². The zero-order chi connectivity index (χ0) is 13.1. The third-order valence-electron chi connectivity index (χ3n) is 2.55. The maximum Gasteiger partial charge on any atom is 0.269 e. The van der Waals surface area contributed by atoms with Gasteiger partial charge in [0.1, 0.15) is 6.54 Å². The van der Waals surface area contributed by atoms with Crippen molar-refractivity contribution in [2.75, 3.05) is 5.73 Å². The van der Waals surface area contributed by atoms with Gasteiger partial charge in [-0.25, -0.2) is 4.68 Å². The molecule has 0 radical (unpaired) electrons. The van der Waals surface area contributed by atoms with E-state index < -0.39 is 0 Å². The summed E-state index contributed by atoms with van der Waals surface area (Å²) in [4.78, 5) is 23.1. The van der Waals surface area contributed by atoms with Crippen LogP contribution in [0.2, 0.25) is 0 Å². The molecule has 0 unspecified atom stereocenters. The third kappa shape index (κ3) is 3.90. The lowest BCUT2D eigenvalue weighted by Gasteiger charge is -2.24. The first-order valence-electron chi connectivity index (χ1n) is 5.48. The normalized spacial score (nSPS) is 11.2. The molecule has 1 aromatic rings. The second-order valence-electron chi connectivity index (χ2n) is 4.57. The number of hydrogen-bond donors (Lipinski definition) is 2. The molecule has 0 spiro atoms. The molecule has 94 valence electrons. The Labute approximate surface area is 99.8 Å². The second kappa shape index (κ2) is 4.99. The standard InChI is InChI=1S/C11H18N4O2/c1-4-11(2,3)14-9(16)7-15-10(17)5-8(12)6-13-15/h5-6H,4,7,12H2,1-3H3,(H,14,16). The Morgan fingerprint density at radius 1 is 1.59 bits per heavy atom. The van der Waals surface area contributed by atoms with Crippen LogP contribution in [0.1, 0.15) is 27.2 Å². The number of rotatable bonds is 4. The summed E-state index contributed by atoms with van der Waals surface area (Å²) in [5.41, 5.74) is 5.03. The van der Waals surface area contributed by atoms with Gasteiger partial charge in [-0.05, 0) is 20.3 Å². The number of nitrogens with two attached hydrogens (primary N) is 1. The van der Waals surface area contributed by atoms with Gasteiger partial charge >= 0.3 is 0 Å². The molecular formula is C11H18N4O2. The summed E-state index contributed by atoms with van der Waals surface area (Å²) in [6.07, 6.45) is 2.16. The molecule has 1 heterocycles. The minimum Gasteiger partial charge on any atom is -0.397 e. The summed E-state index contributed by atoms with van der Waals surface area (Å²) < 4.78 is 1.08. The van der Waals surface area contributed by atoms with Crippen molar-refractivity contribution in [3.05, 3.63) is 22.6 Å².